The van der Waals surface area contributed by atoms with Gasteiger partial charge in [-0.2, -0.15) is 4.98 Å². The van der Waals surface area contributed by atoms with Gasteiger partial charge >= 0.3 is 6.09 Å². The van der Waals surface area contributed by atoms with Gasteiger partial charge < -0.3 is 15.0 Å². The summed E-state index contributed by atoms with van der Waals surface area (Å²) in [5, 5.41) is 3.39. The number of carbonyl (C=O) groups is 1. The SMILES string of the molecule is C[C@H](Nc1nccc(N2C(=O)OCC2(C)c2ccccc2)n1)c1ccc(N2CCCCC2)cc1. The Balaban J connectivity index is 1.33. The molecule has 2 saturated heterocycles. The number of piperidine rings is 1. The van der Waals surface area contributed by atoms with Gasteiger partial charge in [-0.05, 0) is 62.4 Å². The zero-order valence-electron chi connectivity index (χ0n) is 19.8. The molecule has 1 N–H and O–H groups in total. The number of nitrogens with zero attached hydrogens (tertiary/aromatic N) is 4. The third-order valence-corrected chi connectivity index (χ3v) is 6.88. The number of cyclic esters (lactones) is 1. The highest BCUT2D eigenvalue weighted by Crippen LogP contribution is 2.37. The van der Waals surface area contributed by atoms with E-state index in [9.17, 15) is 4.79 Å². The number of rotatable bonds is 6. The van der Waals surface area contributed by atoms with Gasteiger partial charge in [-0.1, -0.05) is 42.5 Å². The van der Waals surface area contributed by atoms with Crippen molar-refractivity contribution in [2.45, 2.75) is 44.7 Å². The topological polar surface area (TPSA) is 70.6 Å². The second-order valence-electron chi connectivity index (χ2n) is 9.27. The number of ether oxygens (including phenoxy) is 1. The van der Waals surface area contributed by atoms with Gasteiger partial charge in [-0.15, -0.1) is 0 Å². The van der Waals surface area contributed by atoms with Crippen LogP contribution in [0.3, 0.4) is 0 Å². The molecule has 3 heterocycles. The maximum atomic E-state index is 12.7. The zero-order valence-corrected chi connectivity index (χ0v) is 19.8. The van der Waals surface area contributed by atoms with Gasteiger partial charge in [0.15, 0.2) is 0 Å². The van der Waals surface area contributed by atoms with Crippen LogP contribution in [0.25, 0.3) is 0 Å². The number of carbonyl (C=O) groups excluding carboxylic acids is 1. The number of amides is 1. The Labute approximate surface area is 200 Å². The molecule has 2 aliphatic rings. The fourth-order valence-corrected chi connectivity index (χ4v) is 4.83. The second-order valence-corrected chi connectivity index (χ2v) is 9.27. The van der Waals surface area contributed by atoms with Gasteiger partial charge in [-0.25, -0.2) is 14.7 Å². The van der Waals surface area contributed by atoms with Crippen molar-refractivity contribution in [2.75, 3.05) is 34.8 Å². The van der Waals surface area contributed by atoms with Gasteiger partial charge in [0.1, 0.15) is 18.0 Å². The predicted octanol–water partition coefficient (Wildman–Crippen LogP) is 5.51. The largest absolute Gasteiger partial charge is 0.446 e. The Hall–Kier alpha value is -3.61. The maximum absolute atomic E-state index is 12.7. The lowest BCUT2D eigenvalue weighted by Gasteiger charge is -2.31. The Morgan fingerprint density at radius 1 is 1.00 bits per heavy atom. The number of anilines is 3. The summed E-state index contributed by atoms with van der Waals surface area (Å²) in [5.74, 6) is 0.985. The van der Waals surface area contributed by atoms with Crippen molar-refractivity contribution in [3.63, 3.8) is 0 Å². The zero-order chi connectivity index (χ0) is 23.5. The normalized spacial score (nSPS) is 21.3. The molecular formula is C27H31N5O2. The van der Waals surface area contributed by atoms with Gasteiger partial charge in [0.2, 0.25) is 5.95 Å². The van der Waals surface area contributed by atoms with Crippen molar-refractivity contribution in [2.24, 2.45) is 0 Å². The fraction of sp³-hybridized carbons (Fsp3) is 0.370. The summed E-state index contributed by atoms with van der Waals surface area (Å²) in [6.45, 7) is 6.62. The van der Waals surface area contributed by atoms with Gasteiger partial charge in [0, 0.05) is 25.0 Å². The molecule has 2 fully saturated rings. The minimum atomic E-state index is -0.639. The molecule has 2 aliphatic heterocycles. The van der Waals surface area contributed by atoms with E-state index >= 15 is 0 Å². The summed E-state index contributed by atoms with van der Waals surface area (Å²) in [6.07, 6.45) is 5.13. The first-order valence-corrected chi connectivity index (χ1v) is 12.0. The summed E-state index contributed by atoms with van der Waals surface area (Å²) in [7, 11) is 0. The van der Waals surface area contributed by atoms with Crippen LogP contribution in [0.1, 0.15) is 50.3 Å². The van der Waals surface area contributed by atoms with Crippen molar-refractivity contribution in [1.82, 2.24) is 9.97 Å². The number of hydrogen-bond acceptors (Lipinski definition) is 6. The summed E-state index contributed by atoms with van der Waals surface area (Å²) in [4.78, 5) is 25.9. The minimum Gasteiger partial charge on any atom is -0.446 e. The lowest BCUT2D eigenvalue weighted by atomic mass is 9.92. The summed E-state index contributed by atoms with van der Waals surface area (Å²) >= 11 is 0. The van der Waals surface area contributed by atoms with Gasteiger partial charge in [0.25, 0.3) is 0 Å². The second kappa shape index (κ2) is 9.33. The monoisotopic (exact) mass is 457 g/mol. The molecule has 0 bridgehead atoms. The highest BCUT2D eigenvalue weighted by atomic mass is 16.6. The van der Waals surface area contributed by atoms with Crippen molar-refractivity contribution < 1.29 is 9.53 Å². The van der Waals surface area contributed by atoms with E-state index in [4.69, 9.17) is 4.74 Å². The predicted molar refractivity (Wildman–Crippen MR) is 134 cm³/mol. The van der Waals surface area contributed by atoms with E-state index in [2.05, 4.69) is 51.4 Å². The van der Waals surface area contributed by atoms with E-state index in [1.807, 2.05) is 37.3 Å². The molecular weight excluding hydrogens is 426 g/mol. The summed E-state index contributed by atoms with van der Waals surface area (Å²) < 4.78 is 5.44. The number of benzene rings is 2. The molecule has 1 amide bonds. The quantitative estimate of drug-likeness (QED) is 0.526. The summed E-state index contributed by atoms with van der Waals surface area (Å²) in [6, 6.07) is 20.4. The molecule has 7 nitrogen and oxygen atoms in total. The first-order chi connectivity index (χ1) is 16.5. The molecule has 3 aromatic rings. The smallest absolute Gasteiger partial charge is 0.416 e. The average Bonchev–Trinajstić information content (AvgIpc) is 3.20. The average molecular weight is 458 g/mol. The third kappa shape index (κ3) is 4.30. The first kappa shape index (κ1) is 22.2. The van der Waals surface area contributed by atoms with Gasteiger partial charge in [-0.3, -0.25) is 0 Å². The Morgan fingerprint density at radius 3 is 2.47 bits per heavy atom. The van der Waals surface area contributed by atoms with Crippen LogP contribution in [0, 0.1) is 0 Å². The van der Waals surface area contributed by atoms with E-state index in [1.54, 1.807) is 17.2 Å². The van der Waals surface area contributed by atoms with Crippen LogP contribution in [-0.2, 0) is 10.3 Å². The lowest BCUT2D eigenvalue weighted by molar-refractivity contribution is 0.174. The molecule has 1 aromatic heterocycles. The molecule has 2 atom stereocenters. The molecule has 0 spiro atoms. The Kier molecular flexibility index (Phi) is 6.09. The van der Waals surface area contributed by atoms with Crippen LogP contribution in [0.2, 0.25) is 0 Å². The van der Waals surface area contributed by atoms with E-state index in [1.165, 1.54) is 24.9 Å². The Morgan fingerprint density at radius 2 is 1.74 bits per heavy atom. The molecule has 5 rings (SSSR count). The van der Waals surface area contributed by atoms with Crippen molar-refractivity contribution in [1.29, 1.82) is 0 Å². The molecule has 2 aromatic carbocycles. The molecule has 176 valence electrons. The molecule has 0 saturated carbocycles. The first-order valence-electron chi connectivity index (χ1n) is 12.0. The van der Waals surface area contributed by atoms with Crippen LogP contribution in [0.5, 0.6) is 0 Å². The van der Waals surface area contributed by atoms with E-state index in [-0.39, 0.29) is 12.6 Å². The van der Waals surface area contributed by atoms with Crippen molar-refractivity contribution >= 4 is 23.5 Å². The number of aromatic nitrogens is 2. The number of nitrogens with one attached hydrogen (secondary N) is 1. The standard InChI is InChI=1S/C27H31N5O2/c1-20(21-11-13-23(14-12-21)31-17-7-4-8-18-31)29-25-28-16-15-24(30-25)32-26(33)34-19-27(32,2)22-9-5-3-6-10-22/h3,5-6,9-16,20H,4,7-8,17-19H2,1-2H3,(H,28,29,30)/t20-,27?/m0/s1. The van der Waals surface area contributed by atoms with Crippen molar-refractivity contribution in [3.8, 4) is 0 Å². The van der Waals surface area contributed by atoms with Crippen LogP contribution in [-0.4, -0.2) is 35.8 Å². The highest BCUT2D eigenvalue weighted by molar-refractivity contribution is 5.90. The minimum absolute atomic E-state index is 0.0108. The van der Waals surface area contributed by atoms with E-state index in [0.29, 0.717) is 11.8 Å². The van der Waals surface area contributed by atoms with Crippen LogP contribution >= 0.6 is 0 Å². The number of hydrogen-bond donors (Lipinski definition) is 1. The van der Waals surface area contributed by atoms with Crippen LogP contribution in [0.15, 0.2) is 66.9 Å². The summed E-state index contributed by atoms with van der Waals surface area (Å²) in [5.41, 5.74) is 2.79. The van der Waals surface area contributed by atoms with Gasteiger partial charge in [0.05, 0.1) is 6.04 Å². The molecule has 0 aliphatic carbocycles. The maximum Gasteiger partial charge on any atom is 0.416 e. The van der Waals surface area contributed by atoms with Crippen LogP contribution < -0.4 is 15.1 Å². The third-order valence-electron chi connectivity index (χ3n) is 6.88. The highest BCUT2D eigenvalue weighted by Gasteiger charge is 2.46. The van der Waals surface area contributed by atoms with Crippen molar-refractivity contribution in [3.05, 3.63) is 78.0 Å². The fourth-order valence-electron chi connectivity index (χ4n) is 4.83. The van der Waals surface area contributed by atoms with E-state index in [0.717, 1.165) is 24.2 Å². The molecule has 34 heavy (non-hydrogen) atoms. The Bertz CT molecular complexity index is 1130. The van der Waals surface area contributed by atoms with E-state index < -0.39 is 11.6 Å². The van der Waals surface area contributed by atoms with Crippen LogP contribution in [0.4, 0.5) is 22.2 Å². The molecule has 0 radical (unpaired) electrons. The molecule has 7 heteroatoms. The lowest BCUT2D eigenvalue weighted by Crippen LogP contribution is -2.42. The molecule has 1 unspecified atom stereocenters.